The Bertz CT molecular complexity index is 2400. The van der Waals surface area contributed by atoms with E-state index in [2.05, 4.69) is 47.6 Å². The van der Waals surface area contributed by atoms with Gasteiger partial charge in [-0.2, -0.15) is 0 Å². The summed E-state index contributed by atoms with van der Waals surface area (Å²) >= 11 is 0. The van der Waals surface area contributed by atoms with Gasteiger partial charge < -0.3 is 129 Å². The topological polar surface area (TPSA) is 433 Å². The maximum absolute atomic E-state index is 12.6. The summed E-state index contributed by atoms with van der Waals surface area (Å²) < 4.78 is 61.3. The van der Waals surface area contributed by atoms with Gasteiger partial charge in [-0.3, -0.25) is 0 Å². The van der Waals surface area contributed by atoms with E-state index in [1.165, 1.54) is 12.5 Å². The third-order valence-electron chi connectivity index (χ3n) is 23.3. The predicted octanol–water partition coefficient (Wildman–Crippen LogP) is -3.01. The Kier molecular flexibility index (Phi) is 19.2. The van der Waals surface area contributed by atoms with Crippen LogP contribution in [0, 0.1) is 50.2 Å². The molecule has 5 heterocycles. The lowest BCUT2D eigenvalue weighted by molar-refractivity contribution is -0.396. The van der Waals surface area contributed by atoms with E-state index in [-0.39, 0.29) is 47.2 Å². The molecule has 34 atom stereocenters. The van der Waals surface area contributed by atoms with E-state index in [0.717, 1.165) is 25.7 Å². The van der Waals surface area contributed by atoms with Gasteiger partial charge >= 0.3 is 5.97 Å². The molecular formula is C59H96O27. The predicted molar refractivity (Wildman–Crippen MR) is 290 cm³/mol. The molecule has 10 aliphatic rings. The van der Waals surface area contributed by atoms with Gasteiger partial charge in [0.15, 0.2) is 37.6 Å². The first kappa shape index (κ1) is 67.1. The van der Waals surface area contributed by atoms with Crippen LogP contribution in [0.4, 0.5) is 0 Å². The van der Waals surface area contributed by atoms with E-state index in [1.54, 1.807) is 0 Å². The van der Waals surface area contributed by atoms with Crippen LogP contribution in [-0.2, 0) is 52.2 Å². The van der Waals surface area contributed by atoms with Crippen LogP contribution in [0.15, 0.2) is 11.6 Å². The molecule has 9 fully saturated rings. The number of carboxylic acids is 1. The SMILES string of the molecule is C[C@@H]1O[C@@H](O[C@H]2[C@H](O[C@H]3[C@H](O[C@H]4CC[C@@]5(C)[C@@H](CC[C@]6(C)[C@@H]5CC=C5[C@@H]7CC(C)(C)C[C@@H](O[C@@H]8OC[C@H](O)[C@H](O)[C@H]8O[C@@H]8O[C@H](CO)[C@@H](O)[C@H](O)[C@H]8O)[C@]7(C)CC[C@]56C)[C@@]4(C)CO)O[C@H](C(=O)O)[C@@H](O)[C@@H]3O)O[C@H](CO)[C@H](O)[C@@H]2O)[C@H](O)[C@H](O)[C@H]1O. The summed E-state index contributed by atoms with van der Waals surface area (Å²) in [5.74, 6) is -1.74. The molecular weight excluding hydrogens is 1140 g/mol. The number of ether oxygens (including phenoxy) is 10. The largest absolute Gasteiger partial charge is 0.479 e. The Morgan fingerprint density at radius 1 is 0.535 bits per heavy atom. The molecule has 0 amide bonds. The molecule has 494 valence electrons. The lowest BCUT2D eigenvalue weighted by atomic mass is 9.33. The summed E-state index contributed by atoms with van der Waals surface area (Å²) in [6.07, 6.45) is -33.8. The zero-order chi connectivity index (χ0) is 62.9. The number of carboxylic acid groups (broad SMARTS) is 1. The first-order valence-electron chi connectivity index (χ1n) is 30.7. The molecule has 0 spiro atoms. The van der Waals surface area contributed by atoms with Crippen LogP contribution in [0.1, 0.15) is 113 Å². The Morgan fingerprint density at radius 3 is 1.70 bits per heavy atom. The molecule has 5 saturated heterocycles. The maximum Gasteiger partial charge on any atom is 0.335 e. The molecule has 5 aliphatic carbocycles. The molecule has 27 heteroatoms. The van der Waals surface area contributed by atoms with Gasteiger partial charge in [0.25, 0.3) is 0 Å². The fourth-order valence-electron chi connectivity index (χ4n) is 17.8. The highest BCUT2D eigenvalue weighted by Crippen LogP contribution is 2.76. The van der Waals surface area contributed by atoms with Crippen LogP contribution in [0.5, 0.6) is 0 Å². The molecule has 0 radical (unpaired) electrons. The lowest BCUT2D eigenvalue weighted by Gasteiger charge is -2.72. The number of allylic oxidation sites excluding steroid dienone is 2. The van der Waals surface area contributed by atoms with Gasteiger partial charge in [-0.1, -0.05) is 60.1 Å². The van der Waals surface area contributed by atoms with E-state index >= 15 is 0 Å². The summed E-state index contributed by atoms with van der Waals surface area (Å²) in [4.78, 5) is 12.6. The highest BCUT2D eigenvalue weighted by molar-refractivity contribution is 5.73. The van der Waals surface area contributed by atoms with E-state index in [0.29, 0.717) is 32.1 Å². The summed E-state index contributed by atoms with van der Waals surface area (Å²) in [6.45, 7) is 14.7. The molecule has 0 unspecified atom stereocenters. The first-order valence-corrected chi connectivity index (χ1v) is 30.7. The molecule has 0 aromatic heterocycles. The minimum absolute atomic E-state index is 0.0183. The summed E-state index contributed by atoms with van der Waals surface area (Å²) in [6, 6.07) is 0. The minimum atomic E-state index is -2.13. The number of fused-ring (bicyclic) bond motifs is 7. The molecule has 4 saturated carbocycles. The Hall–Kier alpha value is -1.79. The van der Waals surface area contributed by atoms with Crippen molar-refractivity contribution < 1.29 is 134 Å². The van der Waals surface area contributed by atoms with E-state index < -0.39 is 195 Å². The normalized spacial score (nSPS) is 55.7. The van der Waals surface area contributed by atoms with Gasteiger partial charge in [-0.05, 0) is 104 Å². The molecule has 0 bridgehead atoms. The van der Waals surface area contributed by atoms with Crippen molar-refractivity contribution in [3.8, 4) is 0 Å². The number of hydrogen-bond acceptors (Lipinski definition) is 26. The van der Waals surface area contributed by atoms with E-state index in [9.17, 15) is 86.5 Å². The van der Waals surface area contributed by atoms with Gasteiger partial charge in [-0.15, -0.1) is 0 Å². The highest BCUT2D eigenvalue weighted by atomic mass is 16.8. The Labute approximate surface area is 499 Å². The van der Waals surface area contributed by atoms with Crippen molar-refractivity contribution >= 4 is 5.97 Å². The van der Waals surface area contributed by atoms with Gasteiger partial charge in [-0.25, -0.2) is 4.79 Å². The number of aliphatic hydroxyl groups is 15. The molecule has 10 rings (SSSR count). The van der Waals surface area contributed by atoms with Crippen molar-refractivity contribution in [1.29, 1.82) is 0 Å². The van der Waals surface area contributed by atoms with E-state index in [4.69, 9.17) is 47.4 Å². The van der Waals surface area contributed by atoms with Crippen LogP contribution in [0.3, 0.4) is 0 Å². The third-order valence-corrected chi connectivity index (χ3v) is 23.3. The maximum atomic E-state index is 12.6. The number of hydrogen-bond donors (Lipinski definition) is 16. The Balaban J connectivity index is 0.897. The second kappa shape index (κ2) is 24.6. The number of carbonyl (C=O) groups is 1. The summed E-state index contributed by atoms with van der Waals surface area (Å²) in [7, 11) is 0. The molecule has 16 N–H and O–H groups in total. The smallest absolute Gasteiger partial charge is 0.335 e. The molecule has 0 aromatic rings. The molecule has 5 aliphatic heterocycles. The molecule has 86 heavy (non-hydrogen) atoms. The zero-order valence-corrected chi connectivity index (χ0v) is 50.2. The summed E-state index contributed by atoms with van der Waals surface area (Å²) in [5.41, 5.74) is -1.46. The lowest BCUT2D eigenvalue weighted by Crippen LogP contribution is -2.68. The van der Waals surface area contributed by atoms with Crippen LogP contribution >= 0.6 is 0 Å². The van der Waals surface area contributed by atoms with Crippen molar-refractivity contribution in [3.05, 3.63) is 11.6 Å². The van der Waals surface area contributed by atoms with Crippen LogP contribution in [0.25, 0.3) is 0 Å². The monoisotopic (exact) mass is 1240 g/mol. The van der Waals surface area contributed by atoms with Crippen LogP contribution in [0.2, 0.25) is 0 Å². The van der Waals surface area contributed by atoms with Crippen molar-refractivity contribution in [2.45, 2.75) is 273 Å². The highest BCUT2D eigenvalue weighted by Gasteiger charge is 2.70. The standard InChI is InChI=1S/C59H96O27/c1-23-33(64)37(68)42(73)49(78-23)85-46-39(70)36(67)28(20-61)80-52(46)86-47-41(72)40(71)44(48(75)76)83-53(47)81-31-12-13-56(5)29(57(31,6)22-62)11-14-59(8)30(56)10-9-24-25-17-54(2,3)18-32(55(25,4)15-16-58(24,59)7)82-51-45(34(65)26(63)21-77-51)84-50-43(74)38(69)35(66)27(19-60)79-50/h9,23,25-47,49-53,60-74H,10-22H2,1-8H3,(H,75,76)/t23-,25-,26-,27+,28+,29+,30+,31-,32+,33-,34-,35+,36-,37+,38-,39-,40-,41-,42+,43+,44-,45+,46+,47+,49-,50-,51-,52-,53+,55+,56-,57+,58+,59+/m0/s1. The van der Waals surface area contributed by atoms with Gasteiger partial charge in [0, 0.05) is 10.8 Å². The zero-order valence-electron chi connectivity index (χ0n) is 50.2. The number of aliphatic hydroxyl groups excluding tert-OH is 15. The van der Waals surface area contributed by atoms with Crippen molar-refractivity contribution in [2.75, 3.05) is 26.4 Å². The minimum Gasteiger partial charge on any atom is -0.479 e. The quantitative estimate of drug-likeness (QED) is 0.0608. The Morgan fingerprint density at radius 2 is 1.08 bits per heavy atom. The van der Waals surface area contributed by atoms with Crippen LogP contribution in [-0.4, -0.2) is 274 Å². The average Bonchev–Trinajstić information content (AvgIpc) is 0.711. The van der Waals surface area contributed by atoms with Gasteiger partial charge in [0.1, 0.15) is 104 Å². The van der Waals surface area contributed by atoms with Crippen molar-refractivity contribution in [3.63, 3.8) is 0 Å². The van der Waals surface area contributed by atoms with Gasteiger partial charge in [0.05, 0.1) is 44.7 Å². The number of rotatable bonds is 14. The van der Waals surface area contributed by atoms with Gasteiger partial charge in [0.2, 0.25) is 0 Å². The second-order valence-corrected chi connectivity index (χ2v) is 28.8. The fraction of sp³-hybridized carbons (Fsp3) is 0.949. The molecule has 27 nitrogen and oxygen atoms in total. The van der Waals surface area contributed by atoms with E-state index in [1.807, 2.05) is 6.92 Å². The molecule has 0 aromatic carbocycles. The first-order chi connectivity index (χ1) is 40.2. The second-order valence-electron chi connectivity index (χ2n) is 28.8. The fourth-order valence-corrected chi connectivity index (χ4v) is 17.8. The average molecular weight is 1240 g/mol. The van der Waals surface area contributed by atoms with Crippen molar-refractivity contribution in [2.24, 2.45) is 50.2 Å². The van der Waals surface area contributed by atoms with Crippen molar-refractivity contribution in [1.82, 2.24) is 0 Å². The van der Waals surface area contributed by atoms with Crippen LogP contribution < -0.4 is 0 Å². The number of aliphatic carboxylic acids is 1. The summed E-state index contributed by atoms with van der Waals surface area (Å²) in [5, 5.41) is 173. The third kappa shape index (κ3) is 11.1.